The molecular formula is C12H9F3N2O3S. The Hall–Kier alpha value is -2.03. The van der Waals surface area contributed by atoms with E-state index in [-0.39, 0.29) is 12.1 Å². The van der Waals surface area contributed by atoms with Crippen molar-refractivity contribution in [2.45, 2.75) is 17.8 Å². The quantitative estimate of drug-likeness (QED) is 0.897. The summed E-state index contributed by atoms with van der Waals surface area (Å²) in [4.78, 5) is 33.9. The van der Waals surface area contributed by atoms with Gasteiger partial charge >= 0.3 is 6.18 Å². The minimum atomic E-state index is -4.51. The van der Waals surface area contributed by atoms with Crippen molar-refractivity contribution in [2.24, 2.45) is 0 Å². The molecule has 0 unspecified atom stereocenters. The molecule has 112 valence electrons. The summed E-state index contributed by atoms with van der Waals surface area (Å²) in [7, 11) is 0. The van der Waals surface area contributed by atoms with Crippen LogP contribution in [0, 0.1) is 0 Å². The highest BCUT2D eigenvalue weighted by molar-refractivity contribution is 8.15. The van der Waals surface area contributed by atoms with Crippen LogP contribution in [0.1, 0.15) is 12.0 Å². The number of nitrogens with one attached hydrogen (secondary N) is 2. The molecule has 21 heavy (non-hydrogen) atoms. The molecule has 0 saturated carbocycles. The van der Waals surface area contributed by atoms with E-state index in [0.29, 0.717) is 11.8 Å². The van der Waals surface area contributed by atoms with Crippen LogP contribution >= 0.6 is 11.8 Å². The maximum atomic E-state index is 12.5. The maximum Gasteiger partial charge on any atom is 0.416 e. The summed E-state index contributed by atoms with van der Waals surface area (Å²) in [5, 5.41) is 2.89. The Labute approximate surface area is 121 Å². The van der Waals surface area contributed by atoms with Crippen LogP contribution in [0.15, 0.2) is 24.3 Å². The van der Waals surface area contributed by atoms with Gasteiger partial charge in [-0.1, -0.05) is 17.8 Å². The number of carbonyl (C=O) groups is 3. The monoisotopic (exact) mass is 318 g/mol. The smallest absolute Gasteiger partial charge is 0.326 e. The lowest BCUT2D eigenvalue weighted by molar-refractivity contribution is -0.137. The molecule has 1 atom stereocenters. The van der Waals surface area contributed by atoms with Gasteiger partial charge in [0, 0.05) is 12.1 Å². The van der Waals surface area contributed by atoms with E-state index in [1.54, 1.807) is 0 Å². The molecule has 0 aliphatic carbocycles. The number of alkyl halides is 3. The highest BCUT2D eigenvalue weighted by Gasteiger charge is 2.33. The van der Waals surface area contributed by atoms with E-state index in [1.807, 2.05) is 5.32 Å². The van der Waals surface area contributed by atoms with Crippen molar-refractivity contribution in [3.05, 3.63) is 29.8 Å². The van der Waals surface area contributed by atoms with E-state index in [4.69, 9.17) is 0 Å². The molecule has 1 fully saturated rings. The lowest BCUT2D eigenvalue weighted by atomic mass is 10.2. The number of anilines is 1. The highest BCUT2D eigenvalue weighted by Crippen LogP contribution is 2.30. The van der Waals surface area contributed by atoms with Crippen molar-refractivity contribution in [3.8, 4) is 0 Å². The van der Waals surface area contributed by atoms with Crippen molar-refractivity contribution in [1.29, 1.82) is 0 Å². The number of hydrogen-bond acceptors (Lipinski definition) is 4. The van der Waals surface area contributed by atoms with E-state index < -0.39 is 34.0 Å². The standard InChI is InChI=1S/C12H9F3N2O3S/c13-12(14,15)6-2-1-3-7(4-6)16-9(18)5-8-10(19)17-11(20)21-8/h1-4,8H,5H2,(H,16,18)(H,17,19,20)/t8-/m0/s1. The van der Waals surface area contributed by atoms with Gasteiger partial charge in [0.2, 0.25) is 11.8 Å². The highest BCUT2D eigenvalue weighted by atomic mass is 32.2. The third-order valence-electron chi connectivity index (χ3n) is 2.61. The summed E-state index contributed by atoms with van der Waals surface area (Å²) in [5.41, 5.74) is -0.909. The van der Waals surface area contributed by atoms with Gasteiger partial charge in [-0.05, 0) is 18.2 Å². The summed E-state index contributed by atoms with van der Waals surface area (Å²) in [6.07, 6.45) is -4.80. The van der Waals surface area contributed by atoms with Gasteiger partial charge in [-0.15, -0.1) is 0 Å². The molecule has 0 radical (unpaired) electrons. The van der Waals surface area contributed by atoms with Gasteiger partial charge in [0.25, 0.3) is 5.24 Å². The van der Waals surface area contributed by atoms with Crippen molar-refractivity contribution >= 4 is 34.5 Å². The fourth-order valence-corrected chi connectivity index (χ4v) is 2.50. The lowest BCUT2D eigenvalue weighted by Crippen LogP contribution is -2.27. The van der Waals surface area contributed by atoms with Gasteiger partial charge in [0.15, 0.2) is 0 Å². The number of thioether (sulfide) groups is 1. The SMILES string of the molecule is O=C(C[C@@H]1SC(=O)NC1=O)Nc1cccc(C(F)(F)F)c1. The zero-order valence-corrected chi connectivity index (χ0v) is 11.2. The van der Waals surface area contributed by atoms with Crippen LogP contribution in [-0.4, -0.2) is 22.3 Å². The first-order chi connectivity index (χ1) is 9.75. The summed E-state index contributed by atoms with van der Waals surface area (Å²) in [6, 6.07) is 4.15. The first-order valence-electron chi connectivity index (χ1n) is 5.74. The van der Waals surface area contributed by atoms with Crippen LogP contribution in [0.3, 0.4) is 0 Å². The summed E-state index contributed by atoms with van der Waals surface area (Å²) < 4.78 is 37.6. The summed E-state index contributed by atoms with van der Waals surface area (Å²) in [6.45, 7) is 0. The second-order valence-corrected chi connectivity index (χ2v) is 5.39. The zero-order chi connectivity index (χ0) is 15.6. The first kappa shape index (κ1) is 15.4. The van der Waals surface area contributed by atoms with Crippen LogP contribution in [-0.2, 0) is 15.8 Å². The number of imide groups is 1. The van der Waals surface area contributed by atoms with Crippen molar-refractivity contribution in [1.82, 2.24) is 5.32 Å². The van der Waals surface area contributed by atoms with E-state index in [2.05, 4.69) is 5.32 Å². The Balaban J connectivity index is 2.00. The predicted octanol–water partition coefficient (Wildman–Crippen LogP) is 2.39. The maximum absolute atomic E-state index is 12.5. The average molecular weight is 318 g/mol. The minimum absolute atomic E-state index is 0.0236. The molecule has 9 heteroatoms. The van der Waals surface area contributed by atoms with E-state index in [9.17, 15) is 27.6 Å². The number of carbonyl (C=O) groups excluding carboxylic acids is 3. The molecule has 1 aromatic carbocycles. The molecule has 3 amide bonds. The third kappa shape index (κ3) is 3.97. The van der Waals surface area contributed by atoms with Crippen molar-refractivity contribution in [2.75, 3.05) is 5.32 Å². The Kier molecular flexibility index (Phi) is 4.21. The van der Waals surface area contributed by atoms with Crippen LogP contribution in [0.5, 0.6) is 0 Å². The number of hydrogen-bond donors (Lipinski definition) is 2. The molecule has 0 bridgehead atoms. The Morgan fingerprint density at radius 1 is 1.33 bits per heavy atom. The topological polar surface area (TPSA) is 75.3 Å². The van der Waals surface area contributed by atoms with Crippen molar-refractivity contribution < 1.29 is 27.6 Å². The number of benzene rings is 1. The third-order valence-corrected chi connectivity index (χ3v) is 3.59. The molecule has 0 spiro atoms. The van der Waals surface area contributed by atoms with E-state index in [1.165, 1.54) is 12.1 Å². The Morgan fingerprint density at radius 3 is 2.62 bits per heavy atom. The van der Waals surface area contributed by atoms with Crippen molar-refractivity contribution in [3.63, 3.8) is 0 Å². The van der Waals surface area contributed by atoms with E-state index >= 15 is 0 Å². The predicted molar refractivity (Wildman–Crippen MR) is 69.6 cm³/mol. The van der Waals surface area contributed by atoms with Gasteiger partial charge in [0.05, 0.1) is 5.56 Å². The molecule has 1 saturated heterocycles. The van der Waals surface area contributed by atoms with Crippen LogP contribution in [0.4, 0.5) is 23.7 Å². The fourth-order valence-electron chi connectivity index (χ4n) is 1.68. The molecule has 1 heterocycles. The van der Waals surface area contributed by atoms with Gasteiger partial charge in [-0.25, -0.2) is 0 Å². The molecule has 2 N–H and O–H groups in total. The van der Waals surface area contributed by atoms with Crippen LogP contribution < -0.4 is 10.6 Å². The largest absolute Gasteiger partial charge is 0.416 e. The van der Waals surface area contributed by atoms with Gasteiger partial charge in [-0.3, -0.25) is 19.7 Å². The van der Waals surface area contributed by atoms with Crippen LogP contribution in [0.25, 0.3) is 0 Å². The number of halogens is 3. The number of amides is 3. The fraction of sp³-hybridized carbons (Fsp3) is 0.250. The van der Waals surface area contributed by atoms with E-state index in [0.717, 1.165) is 12.1 Å². The lowest BCUT2D eigenvalue weighted by Gasteiger charge is -2.10. The van der Waals surface area contributed by atoms with Gasteiger partial charge < -0.3 is 5.32 Å². The number of rotatable bonds is 3. The molecular weight excluding hydrogens is 309 g/mol. The second kappa shape index (κ2) is 5.76. The Morgan fingerprint density at radius 2 is 2.05 bits per heavy atom. The molecule has 2 rings (SSSR count). The second-order valence-electron chi connectivity index (χ2n) is 4.21. The zero-order valence-electron chi connectivity index (χ0n) is 10.4. The van der Waals surface area contributed by atoms with Gasteiger partial charge in [-0.2, -0.15) is 13.2 Å². The van der Waals surface area contributed by atoms with Crippen LogP contribution in [0.2, 0.25) is 0 Å². The molecule has 1 aromatic rings. The summed E-state index contributed by atoms with van der Waals surface area (Å²) >= 11 is 0.680. The summed E-state index contributed by atoms with van der Waals surface area (Å²) in [5.74, 6) is -1.22. The molecule has 5 nitrogen and oxygen atoms in total. The molecule has 0 aromatic heterocycles. The molecule has 1 aliphatic heterocycles. The Bertz CT molecular complexity index is 604. The minimum Gasteiger partial charge on any atom is -0.326 e. The molecule has 1 aliphatic rings. The first-order valence-corrected chi connectivity index (χ1v) is 6.62. The van der Waals surface area contributed by atoms with Gasteiger partial charge in [0.1, 0.15) is 5.25 Å². The normalized spacial score (nSPS) is 18.5. The average Bonchev–Trinajstić information content (AvgIpc) is 2.67.